The first-order chi connectivity index (χ1) is 20.1. The number of methoxy groups -OCH3 is 1. The third-order valence-corrected chi connectivity index (χ3v) is 9.12. The van der Waals surface area contributed by atoms with Crippen molar-refractivity contribution in [3.63, 3.8) is 0 Å². The van der Waals surface area contributed by atoms with E-state index in [9.17, 15) is 8.42 Å². The molecule has 3 aliphatic heterocycles. The number of likely N-dealkylation sites (N-methyl/N-ethyl adjacent to an activating group) is 1. The molecule has 1 saturated heterocycles. The number of nitrogens with one attached hydrogen (secondary N) is 2. The fourth-order valence-electron chi connectivity index (χ4n) is 5.12. The summed E-state index contributed by atoms with van der Waals surface area (Å²) in [6, 6.07) is 9.51. The molecule has 11 nitrogen and oxygen atoms in total. The predicted octanol–water partition coefficient (Wildman–Crippen LogP) is 4.88. The minimum absolute atomic E-state index is 0.279. The molecule has 1 aromatic heterocycles. The fourth-order valence-corrected chi connectivity index (χ4v) is 5.76. The monoisotopic (exact) mass is 615 g/mol. The van der Waals surface area contributed by atoms with E-state index in [1.54, 1.807) is 25.3 Å². The molecule has 1 fully saturated rings. The SMILES string of the molecule is COc1cc(N2CCN(C)CC2)c2cc1Nc1ncc(Cl)c(n1)Nc1ccc(cc1N(C)S(C)(=O)=O)OCCCCC2. The lowest BCUT2D eigenvalue weighted by Crippen LogP contribution is -2.44. The van der Waals surface area contributed by atoms with E-state index in [0.717, 1.165) is 63.8 Å². The maximum Gasteiger partial charge on any atom is 0.232 e. The van der Waals surface area contributed by atoms with E-state index in [1.165, 1.54) is 28.8 Å². The Kier molecular flexibility index (Phi) is 9.14. The molecule has 42 heavy (non-hydrogen) atoms. The Morgan fingerprint density at radius 1 is 1.05 bits per heavy atom. The number of halogens is 1. The van der Waals surface area contributed by atoms with Gasteiger partial charge in [-0.1, -0.05) is 11.6 Å². The van der Waals surface area contributed by atoms with Crippen LogP contribution in [0.1, 0.15) is 24.8 Å². The van der Waals surface area contributed by atoms with Gasteiger partial charge >= 0.3 is 0 Å². The van der Waals surface area contributed by atoms with Gasteiger partial charge in [0.25, 0.3) is 0 Å². The maximum absolute atomic E-state index is 12.5. The molecule has 226 valence electrons. The van der Waals surface area contributed by atoms with Crippen LogP contribution in [0.4, 0.5) is 34.5 Å². The van der Waals surface area contributed by atoms with Gasteiger partial charge < -0.3 is 29.9 Å². The first kappa shape index (κ1) is 30.0. The molecule has 0 spiro atoms. The van der Waals surface area contributed by atoms with Crippen LogP contribution in [0.2, 0.25) is 5.02 Å². The van der Waals surface area contributed by atoms with Crippen molar-refractivity contribution in [2.75, 3.05) is 80.1 Å². The molecule has 2 aromatic carbocycles. The second kappa shape index (κ2) is 12.8. The molecule has 0 saturated carbocycles. The molecule has 2 N–H and O–H groups in total. The predicted molar refractivity (Wildman–Crippen MR) is 169 cm³/mol. The summed E-state index contributed by atoms with van der Waals surface area (Å²) in [5, 5.41) is 6.80. The van der Waals surface area contributed by atoms with Crippen molar-refractivity contribution < 1.29 is 17.9 Å². The number of rotatable bonds is 4. The summed E-state index contributed by atoms with van der Waals surface area (Å²) in [7, 11) is 1.76. The van der Waals surface area contributed by atoms with E-state index in [-0.39, 0.29) is 5.02 Å². The molecule has 4 heterocycles. The first-order valence-corrected chi connectivity index (χ1v) is 16.3. The van der Waals surface area contributed by atoms with Gasteiger partial charge in [-0.25, -0.2) is 13.4 Å². The summed E-state index contributed by atoms with van der Waals surface area (Å²) in [6.45, 7) is 4.46. The molecule has 3 aliphatic rings. The quantitative estimate of drug-likeness (QED) is 0.421. The number of hydrogen-bond donors (Lipinski definition) is 2. The van der Waals surface area contributed by atoms with Gasteiger partial charge in [0.05, 0.1) is 43.2 Å². The largest absolute Gasteiger partial charge is 0.494 e. The van der Waals surface area contributed by atoms with Crippen molar-refractivity contribution in [2.45, 2.75) is 25.7 Å². The van der Waals surface area contributed by atoms with Crippen molar-refractivity contribution >= 4 is 56.1 Å². The zero-order chi connectivity index (χ0) is 29.9. The van der Waals surface area contributed by atoms with Crippen LogP contribution < -0.4 is 29.3 Å². The lowest BCUT2D eigenvalue weighted by Gasteiger charge is -2.35. The molecule has 3 aromatic rings. The third-order valence-electron chi connectivity index (χ3n) is 7.65. The fraction of sp³-hybridized carbons (Fsp3) is 0.448. The van der Waals surface area contributed by atoms with E-state index in [4.69, 9.17) is 21.1 Å². The average Bonchev–Trinajstić information content (AvgIpc) is 2.96. The molecule has 0 amide bonds. The van der Waals surface area contributed by atoms with Crippen LogP contribution >= 0.6 is 11.6 Å². The summed E-state index contributed by atoms with van der Waals surface area (Å²) in [6.07, 6.45) is 6.39. The van der Waals surface area contributed by atoms with Crippen LogP contribution in [-0.4, -0.2) is 83.5 Å². The first-order valence-electron chi connectivity index (χ1n) is 14.0. The number of aryl methyl sites for hydroxylation is 1. The van der Waals surface area contributed by atoms with Crippen molar-refractivity contribution in [3.8, 4) is 11.5 Å². The number of nitrogens with zero attached hydrogens (tertiary/aromatic N) is 5. The smallest absolute Gasteiger partial charge is 0.232 e. The normalized spacial score (nSPS) is 16.5. The zero-order valence-corrected chi connectivity index (χ0v) is 26.1. The lowest BCUT2D eigenvalue weighted by molar-refractivity contribution is 0.305. The van der Waals surface area contributed by atoms with Crippen LogP contribution in [0.15, 0.2) is 36.5 Å². The molecule has 0 unspecified atom stereocenters. The Hall–Kier alpha value is -3.48. The van der Waals surface area contributed by atoms with Gasteiger partial charge in [-0.05, 0) is 56.5 Å². The zero-order valence-electron chi connectivity index (χ0n) is 24.5. The maximum atomic E-state index is 12.5. The third kappa shape index (κ3) is 6.93. The van der Waals surface area contributed by atoms with Gasteiger partial charge in [0.2, 0.25) is 16.0 Å². The Bertz CT molecular complexity index is 1530. The van der Waals surface area contributed by atoms with Crippen molar-refractivity contribution in [1.29, 1.82) is 0 Å². The number of sulfonamides is 1. The van der Waals surface area contributed by atoms with Crippen molar-refractivity contribution in [2.24, 2.45) is 0 Å². The number of hydrogen-bond acceptors (Lipinski definition) is 10. The standard InChI is InChI=1S/C29H38ClN7O4S/c1-35-11-13-37(14-12-35)25-18-27(40-3)24-16-20(25)8-6-5-7-15-41-21-9-10-23(26(17-21)36(2)42(4,38)39)32-28-22(30)19-31-29(33-24)34-28/h9-10,16-19H,5-8,11-15H2,1-4H3,(H2,31,32,33,34). The number of anilines is 6. The highest BCUT2D eigenvalue weighted by atomic mass is 35.5. The number of fused-ring (bicyclic) bond motifs is 7. The highest BCUT2D eigenvalue weighted by Crippen LogP contribution is 2.38. The van der Waals surface area contributed by atoms with Crippen LogP contribution in [0.25, 0.3) is 0 Å². The van der Waals surface area contributed by atoms with Gasteiger partial charge in [0.15, 0.2) is 5.82 Å². The minimum atomic E-state index is -3.55. The Labute approximate surface area is 252 Å². The average molecular weight is 616 g/mol. The lowest BCUT2D eigenvalue weighted by atomic mass is 10.0. The number of piperazine rings is 1. The van der Waals surface area contributed by atoms with Crippen LogP contribution in [0.3, 0.4) is 0 Å². The van der Waals surface area contributed by atoms with Gasteiger partial charge in [0.1, 0.15) is 16.5 Å². The summed E-state index contributed by atoms with van der Waals surface area (Å²) in [5.41, 5.74) is 4.09. The molecule has 0 aliphatic carbocycles. The molecule has 13 heteroatoms. The second-order valence-corrected chi connectivity index (χ2v) is 13.1. The van der Waals surface area contributed by atoms with E-state index >= 15 is 0 Å². The summed E-state index contributed by atoms with van der Waals surface area (Å²) in [5.74, 6) is 1.91. The van der Waals surface area contributed by atoms with Crippen molar-refractivity contribution in [3.05, 3.63) is 47.1 Å². The molecular weight excluding hydrogens is 578 g/mol. The topological polar surface area (TPSA) is 112 Å². The highest BCUT2D eigenvalue weighted by Gasteiger charge is 2.22. The molecular formula is C29H38ClN7O4S. The summed E-state index contributed by atoms with van der Waals surface area (Å²) >= 11 is 6.50. The number of benzene rings is 2. The number of aromatic nitrogens is 2. The molecule has 0 radical (unpaired) electrons. The highest BCUT2D eigenvalue weighted by molar-refractivity contribution is 7.92. The Balaban J connectivity index is 1.54. The second-order valence-electron chi connectivity index (χ2n) is 10.7. The number of ether oxygens (including phenoxy) is 2. The van der Waals surface area contributed by atoms with Crippen LogP contribution in [0.5, 0.6) is 11.5 Å². The molecule has 6 rings (SSSR count). The van der Waals surface area contributed by atoms with E-state index in [2.05, 4.69) is 49.6 Å². The van der Waals surface area contributed by atoms with Gasteiger partial charge in [0, 0.05) is 51.0 Å². The van der Waals surface area contributed by atoms with Crippen molar-refractivity contribution in [1.82, 2.24) is 14.9 Å². The Morgan fingerprint density at radius 3 is 2.57 bits per heavy atom. The molecule has 0 atom stereocenters. The van der Waals surface area contributed by atoms with E-state index < -0.39 is 10.0 Å². The minimum Gasteiger partial charge on any atom is -0.494 e. The van der Waals surface area contributed by atoms with Gasteiger partial charge in [-0.15, -0.1) is 0 Å². The summed E-state index contributed by atoms with van der Waals surface area (Å²) in [4.78, 5) is 13.8. The van der Waals surface area contributed by atoms with E-state index in [1.807, 2.05) is 0 Å². The van der Waals surface area contributed by atoms with Crippen LogP contribution in [0, 0.1) is 0 Å². The Morgan fingerprint density at radius 2 is 1.83 bits per heavy atom. The summed E-state index contributed by atoms with van der Waals surface area (Å²) < 4.78 is 38.0. The van der Waals surface area contributed by atoms with E-state index in [0.29, 0.717) is 41.2 Å². The molecule has 6 bridgehead atoms. The van der Waals surface area contributed by atoms with Crippen LogP contribution in [-0.2, 0) is 16.4 Å². The van der Waals surface area contributed by atoms with Gasteiger partial charge in [-0.2, -0.15) is 4.98 Å². The van der Waals surface area contributed by atoms with Gasteiger partial charge in [-0.3, -0.25) is 4.31 Å².